The molecule has 0 aliphatic heterocycles. The van der Waals surface area contributed by atoms with Crippen LogP contribution in [0.15, 0.2) is 170 Å². The lowest BCUT2D eigenvalue weighted by Crippen LogP contribution is -2.30. The van der Waals surface area contributed by atoms with Crippen molar-refractivity contribution < 1.29 is 41.6 Å². The predicted molar refractivity (Wildman–Crippen MR) is 278 cm³/mol. The molecule has 0 saturated carbocycles. The Kier molecular flexibility index (Phi) is 11.5. The molecule has 0 spiro atoms. The number of pyridine rings is 4. The number of hydrogen-bond donors (Lipinski definition) is 0. The molecule has 0 aliphatic carbocycles. The highest BCUT2D eigenvalue weighted by Crippen LogP contribution is 2.26. The summed E-state index contributed by atoms with van der Waals surface area (Å²) in [7, 11) is 7.89. The van der Waals surface area contributed by atoms with Crippen molar-refractivity contribution in [3.63, 3.8) is 0 Å². The number of aromatic nitrogens is 4. The molecule has 340 valence electrons. The molecule has 4 nitrogen and oxygen atoms in total. The summed E-state index contributed by atoms with van der Waals surface area (Å²) in [6.45, 7) is -2.87. The van der Waals surface area contributed by atoms with E-state index in [0.717, 1.165) is 72.8 Å². The molecule has 0 aliphatic rings. The third-order valence-electron chi connectivity index (χ3n) is 11.4. The molecule has 0 bridgehead atoms. The van der Waals surface area contributed by atoms with Crippen LogP contribution in [0.5, 0.6) is 0 Å². The molecule has 1 unspecified atom stereocenters. The van der Waals surface area contributed by atoms with Crippen molar-refractivity contribution in [3.05, 3.63) is 215 Å². The molecular weight excluding hydrogens is 801 g/mol. The fourth-order valence-electron chi connectivity index (χ4n) is 7.80. The maximum atomic E-state index is 8.17. The van der Waals surface area contributed by atoms with Gasteiger partial charge in [-0.1, -0.05) is 88.4 Å². The second kappa shape index (κ2) is 24.1. The van der Waals surface area contributed by atoms with E-state index >= 15 is 0 Å². The van der Waals surface area contributed by atoms with Gasteiger partial charge in [-0.2, -0.15) is 0 Å². The molecule has 0 N–H and O–H groups in total. The lowest BCUT2D eigenvalue weighted by Gasteiger charge is -2.09. The van der Waals surface area contributed by atoms with Gasteiger partial charge in [-0.3, -0.25) is 0 Å². The smallest absolute Gasteiger partial charge is 0.201 e. The van der Waals surface area contributed by atoms with Crippen LogP contribution in [0.2, 0.25) is 0 Å². The van der Waals surface area contributed by atoms with Gasteiger partial charge in [0.1, 0.15) is 28.2 Å². The Labute approximate surface area is 422 Å². The highest BCUT2D eigenvalue weighted by Gasteiger charge is 2.15. The van der Waals surface area contributed by atoms with Crippen molar-refractivity contribution in [3.8, 4) is 45.0 Å². The van der Waals surface area contributed by atoms with Crippen molar-refractivity contribution in [2.24, 2.45) is 34.1 Å². The maximum Gasteiger partial charge on any atom is 0.212 e. The molecule has 0 amide bonds. The standard InChI is InChI=1S/C17H22N.C16H20N.C15H18N.C14H16N/c1-13(2)11-15-8-9-16(14(3)12-15)17-7-5-6-10-18(17)4;1-12(2)14-8-9-15(13(3)11-14)16-7-5-6-10-17(16)4;1-4-13-8-9-14(12(2)11-13)15-7-5-6-10-16(15)3;1-11-7-8-13(12(2)10-11)14-6-4-5-9-15(14)3/h5-10,12-13H,11H2,1-4H3;5-12H,1-4H3;5-11H,4H2,1-3H3;4-10H,1-3H3/q4*+1/i1D3,2D3,13D;1D3,12D;2*1D3. The van der Waals surface area contributed by atoms with Crippen LogP contribution >= 0.6 is 0 Å². The van der Waals surface area contributed by atoms with E-state index in [2.05, 4.69) is 10.6 Å². The van der Waals surface area contributed by atoms with Gasteiger partial charge in [0.05, 0.1) is 0 Å². The van der Waals surface area contributed by atoms with E-state index in [4.69, 9.17) is 23.3 Å². The minimum absolute atomic E-state index is 0.120. The minimum atomic E-state index is -2.91. The van der Waals surface area contributed by atoms with Crippen LogP contribution in [0.25, 0.3) is 45.0 Å². The van der Waals surface area contributed by atoms with E-state index in [1.165, 1.54) is 6.92 Å². The first-order valence-electron chi connectivity index (χ1n) is 30.5. The summed E-state index contributed by atoms with van der Waals surface area (Å²) in [5, 5.41) is 0. The van der Waals surface area contributed by atoms with Crippen molar-refractivity contribution in [2.75, 3.05) is 0 Å². The Morgan fingerprint density at radius 2 is 0.864 bits per heavy atom. The first-order chi connectivity index (χ1) is 38.3. The van der Waals surface area contributed by atoms with Crippen LogP contribution in [0.3, 0.4) is 0 Å². The second-order valence-electron chi connectivity index (χ2n) is 16.6. The van der Waals surface area contributed by atoms with Crippen molar-refractivity contribution in [2.45, 2.75) is 87.6 Å². The summed E-state index contributed by atoms with van der Waals surface area (Å²) >= 11 is 0. The summed E-state index contributed by atoms with van der Waals surface area (Å²) < 4.78 is 136. The van der Waals surface area contributed by atoms with Gasteiger partial charge in [-0.05, 0) is 147 Å². The normalized spacial score (nSPS) is 16.5. The van der Waals surface area contributed by atoms with Gasteiger partial charge in [-0.25, -0.2) is 18.3 Å². The zero-order chi connectivity index (χ0) is 62.3. The van der Waals surface area contributed by atoms with Gasteiger partial charge >= 0.3 is 0 Å². The van der Waals surface area contributed by atoms with Gasteiger partial charge in [0.15, 0.2) is 24.8 Å². The van der Waals surface area contributed by atoms with E-state index in [1.54, 1.807) is 30.3 Å². The molecular formula is C62H76N4+4. The number of nitrogens with zero attached hydrogens (tertiary/aromatic N) is 4. The SMILES string of the molecule is [2H]C([2H])([2H])C([2H])(C)c1ccc(-c2cccc[n+]2C)c(C)c1.[2H]C([2H])([2H])C([2H])(Cc1ccc(-c2cccc[n+]2C)c(C)c1)C([2H])([2H])[2H].[2H]C([2H])([2H])Cc1ccc(-c2cccc[n+]2C)c(C)c1.[2H]C([2H])([2H])c1ccc(-c2cccc[n+]2C)c(C)c1. The lowest BCUT2D eigenvalue weighted by molar-refractivity contribution is -0.660. The van der Waals surface area contributed by atoms with Crippen LogP contribution in [-0.4, -0.2) is 0 Å². The number of hydrogen-bond acceptors (Lipinski definition) is 0. The number of aryl methyl sites for hydroxylation is 10. The highest BCUT2D eigenvalue weighted by atomic mass is 14.9. The fourth-order valence-corrected chi connectivity index (χ4v) is 7.80. The zero-order valence-corrected chi connectivity index (χ0v) is 39.9. The van der Waals surface area contributed by atoms with Crippen LogP contribution in [0.1, 0.15) is 108 Å². The van der Waals surface area contributed by atoms with Crippen molar-refractivity contribution in [1.82, 2.24) is 0 Å². The van der Waals surface area contributed by atoms with Crippen molar-refractivity contribution >= 4 is 0 Å². The molecule has 4 heterocycles. The van der Waals surface area contributed by atoms with Gasteiger partial charge in [0.2, 0.25) is 22.8 Å². The van der Waals surface area contributed by atoms with E-state index in [0.29, 0.717) is 16.7 Å². The maximum absolute atomic E-state index is 8.17. The molecule has 1 atom stereocenters. The summed E-state index contributed by atoms with van der Waals surface area (Å²) in [5.74, 6) is -4.14. The van der Waals surface area contributed by atoms with Gasteiger partial charge < -0.3 is 0 Å². The number of benzene rings is 4. The van der Waals surface area contributed by atoms with E-state index in [9.17, 15) is 0 Å². The molecule has 0 radical (unpaired) electrons. The van der Waals surface area contributed by atoms with Crippen LogP contribution < -0.4 is 18.3 Å². The molecule has 66 heavy (non-hydrogen) atoms. The van der Waals surface area contributed by atoms with Crippen LogP contribution in [-0.2, 0) is 41.0 Å². The van der Waals surface area contributed by atoms with Gasteiger partial charge in [0.25, 0.3) is 0 Å². The average Bonchev–Trinajstić information content (AvgIpc) is 3.57. The van der Waals surface area contributed by atoms with Gasteiger partial charge in [0, 0.05) is 94.1 Å². The summed E-state index contributed by atoms with van der Waals surface area (Å²) in [4.78, 5) is 0. The quantitative estimate of drug-likeness (QED) is 0.135. The molecule has 4 heteroatoms. The minimum Gasteiger partial charge on any atom is -0.201 e. The first-order valence-corrected chi connectivity index (χ1v) is 22.0. The molecule has 0 saturated heterocycles. The Bertz CT molecular complexity index is 3490. The summed E-state index contributed by atoms with van der Waals surface area (Å²) in [6.07, 6.45) is 7.65. The van der Waals surface area contributed by atoms with E-state index < -0.39 is 46.0 Å². The summed E-state index contributed by atoms with van der Waals surface area (Å²) in [5.41, 5.74) is 14.7. The second-order valence-corrected chi connectivity index (χ2v) is 16.6. The Morgan fingerprint density at radius 1 is 0.455 bits per heavy atom. The molecule has 8 rings (SSSR count). The largest absolute Gasteiger partial charge is 0.212 e. The monoisotopic (exact) mass is 894 g/mol. The van der Waals surface area contributed by atoms with E-state index in [-0.39, 0.29) is 12.8 Å². The van der Waals surface area contributed by atoms with Crippen molar-refractivity contribution in [1.29, 1.82) is 0 Å². The topological polar surface area (TPSA) is 15.5 Å². The fraction of sp³-hybridized carbons (Fsp3) is 0.290. The highest BCUT2D eigenvalue weighted by molar-refractivity contribution is 5.64. The lowest BCUT2D eigenvalue weighted by atomic mass is 9.96. The summed E-state index contributed by atoms with van der Waals surface area (Å²) in [6, 6.07) is 45.8. The Balaban J connectivity index is 0.000000204. The average molecular weight is 894 g/mol. The van der Waals surface area contributed by atoms with Gasteiger partial charge in [-0.15, -0.1) is 0 Å². The first kappa shape index (κ1) is 31.4. The van der Waals surface area contributed by atoms with E-state index in [1.807, 2.05) is 204 Å². The third-order valence-corrected chi connectivity index (χ3v) is 11.4. The van der Waals surface area contributed by atoms with Crippen LogP contribution in [0, 0.1) is 40.4 Å². The zero-order valence-electron chi connectivity index (χ0n) is 56.9. The molecule has 4 aromatic carbocycles. The number of rotatable bonds is 8. The Morgan fingerprint density at radius 3 is 1.24 bits per heavy atom. The third kappa shape index (κ3) is 13.7. The van der Waals surface area contributed by atoms with Crippen LogP contribution in [0.4, 0.5) is 0 Å². The molecule has 4 aromatic heterocycles. The molecule has 8 aromatic rings. The molecule has 0 fully saturated rings. The Hall–Kier alpha value is -6.52. The predicted octanol–water partition coefficient (Wildman–Crippen LogP) is 13.1.